The highest BCUT2D eigenvalue weighted by atomic mass is 79.9. The summed E-state index contributed by atoms with van der Waals surface area (Å²) in [6.07, 6.45) is 1.34. The van der Waals surface area contributed by atoms with Crippen LogP contribution in [0.1, 0.15) is 10.5 Å². The lowest BCUT2D eigenvalue weighted by molar-refractivity contribution is -0.108. The number of carbonyl (C=O) groups excluding carboxylic acids is 2. The van der Waals surface area contributed by atoms with Crippen LogP contribution in [0, 0.1) is 0 Å². The Morgan fingerprint density at radius 3 is 2.91 bits per heavy atom. The first-order chi connectivity index (χ1) is 5.27. The topological polar surface area (TPSA) is 52.0 Å². The van der Waals surface area contributed by atoms with Crippen molar-refractivity contribution in [2.75, 3.05) is 0 Å². The van der Waals surface area contributed by atoms with E-state index in [1.54, 1.807) is 6.07 Å². The van der Waals surface area contributed by atoms with E-state index >= 15 is 0 Å². The van der Waals surface area contributed by atoms with Gasteiger partial charge in [-0.3, -0.25) is 9.48 Å². The number of aromatic nitrogens is 2. The predicted molar refractivity (Wildman–Crippen MR) is 41.4 cm³/mol. The second kappa shape index (κ2) is 3.43. The molecule has 1 heterocycles. The summed E-state index contributed by atoms with van der Waals surface area (Å²) in [6, 6.07) is 1.55. The average molecular weight is 217 g/mol. The fourth-order valence-electron chi connectivity index (χ4n) is 0.710. The molecule has 5 heteroatoms. The van der Waals surface area contributed by atoms with Crippen molar-refractivity contribution in [3.8, 4) is 0 Å². The zero-order valence-corrected chi connectivity index (χ0v) is 7.11. The summed E-state index contributed by atoms with van der Waals surface area (Å²) in [6.45, 7) is 0.111. The van der Waals surface area contributed by atoms with Crippen LogP contribution in [0.25, 0.3) is 0 Å². The van der Waals surface area contributed by atoms with Crippen LogP contribution in [0.5, 0.6) is 0 Å². The number of halogens is 1. The van der Waals surface area contributed by atoms with Gasteiger partial charge in [-0.2, -0.15) is 5.10 Å². The molecule has 0 N–H and O–H groups in total. The minimum absolute atomic E-state index is 0.111. The lowest BCUT2D eigenvalue weighted by atomic mass is 10.5. The van der Waals surface area contributed by atoms with Crippen molar-refractivity contribution in [2.24, 2.45) is 0 Å². The van der Waals surface area contributed by atoms with Crippen molar-refractivity contribution in [3.63, 3.8) is 0 Å². The number of nitrogens with zero attached hydrogens (tertiary/aromatic N) is 2. The molecule has 0 atom stereocenters. The average Bonchev–Trinajstić information content (AvgIpc) is 2.32. The van der Waals surface area contributed by atoms with E-state index in [0.717, 1.165) is 0 Å². The quantitative estimate of drug-likeness (QED) is 0.698. The normalized spacial score (nSPS) is 9.55. The molecule has 58 valence electrons. The fraction of sp³-hybridized carbons (Fsp3) is 0.167. The maximum Gasteiger partial charge on any atom is 0.168 e. The van der Waals surface area contributed by atoms with Crippen molar-refractivity contribution in [2.45, 2.75) is 6.54 Å². The summed E-state index contributed by atoms with van der Waals surface area (Å²) >= 11 is 3.09. The zero-order valence-electron chi connectivity index (χ0n) is 5.53. The first-order valence-electron chi connectivity index (χ1n) is 2.90. The number of hydrogen-bond donors (Lipinski definition) is 0. The Bertz CT molecular complexity index is 282. The lowest BCUT2D eigenvalue weighted by Gasteiger charge is -1.93. The second-order valence-corrected chi connectivity index (χ2v) is 2.67. The van der Waals surface area contributed by atoms with E-state index in [0.29, 0.717) is 22.9 Å². The van der Waals surface area contributed by atoms with Crippen molar-refractivity contribution in [1.29, 1.82) is 0 Å². The van der Waals surface area contributed by atoms with Gasteiger partial charge in [-0.15, -0.1) is 0 Å². The van der Waals surface area contributed by atoms with E-state index in [9.17, 15) is 9.59 Å². The molecule has 0 unspecified atom stereocenters. The third-order valence-corrected chi connectivity index (χ3v) is 1.54. The highest BCUT2D eigenvalue weighted by Gasteiger charge is 2.02. The zero-order chi connectivity index (χ0) is 8.27. The Kier molecular flexibility index (Phi) is 2.53. The molecule has 0 saturated heterocycles. The summed E-state index contributed by atoms with van der Waals surface area (Å²) < 4.78 is 1.88. The molecule has 0 spiro atoms. The number of rotatable bonds is 3. The summed E-state index contributed by atoms with van der Waals surface area (Å²) in [7, 11) is 0. The highest BCUT2D eigenvalue weighted by molar-refractivity contribution is 9.10. The molecule has 0 saturated carbocycles. The number of hydrogen-bond acceptors (Lipinski definition) is 3. The Balaban J connectivity index is 3.00. The van der Waals surface area contributed by atoms with E-state index in [2.05, 4.69) is 21.0 Å². The van der Waals surface area contributed by atoms with Gasteiger partial charge in [0.05, 0.1) is 6.54 Å². The molecule has 4 nitrogen and oxygen atoms in total. The van der Waals surface area contributed by atoms with Crippen molar-refractivity contribution >= 4 is 28.5 Å². The summed E-state index contributed by atoms with van der Waals surface area (Å²) in [5.41, 5.74) is 0.393. The smallest absolute Gasteiger partial charge is 0.168 e. The van der Waals surface area contributed by atoms with E-state index in [1.807, 2.05) is 0 Å². The third kappa shape index (κ3) is 1.74. The molecular formula is C6H5BrN2O2. The first kappa shape index (κ1) is 8.13. The molecule has 0 aliphatic heterocycles. The van der Waals surface area contributed by atoms with Crippen LogP contribution in [-0.4, -0.2) is 22.4 Å². The molecule has 0 fully saturated rings. The molecule has 1 aromatic heterocycles. The van der Waals surface area contributed by atoms with Crippen molar-refractivity contribution in [3.05, 3.63) is 16.4 Å². The van der Waals surface area contributed by atoms with E-state index in [-0.39, 0.29) is 6.54 Å². The molecule has 0 aromatic carbocycles. The van der Waals surface area contributed by atoms with Crippen LogP contribution in [-0.2, 0) is 11.3 Å². The van der Waals surface area contributed by atoms with E-state index < -0.39 is 0 Å². The van der Waals surface area contributed by atoms with Gasteiger partial charge < -0.3 is 4.79 Å². The molecule has 11 heavy (non-hydrogen) atoms. The van der Waals surface area contributed by atoms with Gasteiger partial charge in [0.25, 0.3) is 0 Å². The van der Waals surface area contributed by atoms with Crippen molar-refractivity contribution < 1.29 is 9.59 Å². The Hall–Kier alpha value is -0.970. The fourth-order valence-corrected chi connectivity index (χ4v) is 1.14. The van der Waals surface area contributed by atoms with Gasteiger partial charge >= 0.3 is 0 Å². The number of aldehydes is 2. The Morgan fingerprint density at radius 2 is 2.36 bits per heavy atom. The molecular weight excluding hydrogens is 212 g/mol. The van der Waals surface area contributed by atoms with Gasteiger partial charge in [-0.1, -0.05) is 0 Å². The molecule has 1 aromatic rings. The lowest BCUT2D eigenvalue weighted by Crippen LogP contribution is -2.04. The van der Waals surface area contributed by atoms with Crippen LogP contribution in [0.2, 0.25) is 0 Å². The first-order valence-corrected chi connectivity index (χ1v) is 3.69. The SMILES string of the molecule is O=CCn1nc(Br)cc1C=O. The standard InChI is InChI=1S/C6H5BrN2O2/c7-6-3-5(4-11)9(8-6)1-2-10/h2-4H,1H2. The minimum atomic E-state index is 0.111. The van der Waals surface area contributed by atoms with E-state index in [4.69, 9.17) is 0 Å². The predicted octanol–water partition coefficient (Wildman–Crippen LogP) is 0.657. The highest BCUT2D eigenvalue weighted by Crippen LogP contribution is 2.07. The third-order valence-electron chi connectivity index (χ3n) is 1.15. The van der Waals surface area contributed by atoms with Crippen LogP contribution >= 0.6 is 15.9 Å². The van der Waals surface area contributed by atoms with Crippen LogP contribution in [0.4, 0.5) is 0 Å². The summed E-state index contributed by atoms with van der Waals surface area (Å²) in [5.74, 6) is 0. The van der Waals surface area contributed by atoms with Gasteiger partial charge in [0.2, 0.25) is 0 Å². The molecule has 0 aliphatic rings. The second-order valence-electron chi connectivity index (χ2n) is 1.86. The maximum atomic E-state index is 10.3. The Labute approximate surface area is 71.3 Å². The molecule has 0 bridgehead atoms. The molecule has 0 aliphatic carbocycles. The molecule has 1 rings (SSSR count). The van der Waals surface area contributed by atoms with Gasteiger partial charge in [-0.25, -0.2) is 0 Å². The van der Waals surface area contributed by atoms with Crippen LogP contribution < -0.4 is 0 Å². The van der Waals surface area contributed by atoms with Gasteiger partial charge in [0.1, 0.15) is 16.6 Å². The summed E-state index contributed by atoms with van der Waals surface area (Å²) in [4.78, 5) is 20.4. The minimum Gasteiger partial charge on any atom is -0.301 e. The number of carbonyl (C=O) groups is 2. The van der Waals surface area contributed by atoms with Crippen LogP contribution in [0.15, 0.2) is 10.7 Å². The van der Waals surface area contributed by atoms with Gasteiger partial charge in [0, 0.05) is 6.07 Å². The maximum absolute atomic E-state index is 10.3. The monoisotopic (exact) mass is 216 g/mol. The Morgan fingerprint density at radius 1 is 1.64 bits per heavy atom. The summed E-state index contributed by atoms with van der Waals surface area (Å²) in [5, 5.41) is 3.84. The largest absolute Gasteiger partial charge is 0.301 e. The van der Waals surface area contributed by atoms with Crippen molar-refractivity contribution in [1.82, 2.24) is 9.78 Å². The molecule has 0 amide bonds. The van der Waals surface area contributed by atoms with Crippen LogP contribution in [0.3, 0.4) is 0 Å². The molecule has 0 radical (unpaired) electrons. The van der Waals surface area contributed by atoms with Gasteiger partial charge in [-0.05, 0) is 15.9 Å². The van der Waals surface area contributed by atoms with E-state index in [1.165, 1.54) is 4.68 Å². The van der Waals surface area contributed by atoms with Gasteiger partial charge in [0.15, 0.2) is 6.29 Å².